The molecule has 0 atom stereocenters. The summed E-state index contributed by atoms with van der Waals surface area (Å²) in [5, 5.41) is 13.0. The van der Waals surface area contributed by atoms with Gasteiger partial charge in [-0.15, -0.1) is 0 Å². The number of carbonyl (C=O) groups is 1. The first-order valence-corrected chi connectivity index (χ1v) is 12.9. The van der Waals surface area contributed by atoms with Crippen LogP contribution in [0.2, 0.25) is 5.02 Å². The van der Waals surface area contributed by atoms with Crippen LogP contribution in [0, 0.1) is 6.92 Å². The average molecular weight is 503 g/mol. The van der Waals surface area contributed by atoms with Crippen molar-refractivity contribution in [3.05, 3.63) is 76.7 Å². The SMILES string of the molecule is Cc1ccc(C(=O)NC2CCC(Nc3nc(C(C)C)nc4c3cnn4-c3cccc(Cl)c3)CC2)cc1. The molecule has 1 aliphatic rings. The Morgan fingerprint density at radius 1 is 1.03 bits per heavy atom. The number of nitrogens with zero attached hydrogens (tertiary/aromatic N) is 4. The van der Waals surface area contributed by atoms with Gasteiger partial charge in [0, 0.05) is 28.6 Å². The standard InChI is InChI=1S/C28H31ClN6O/c1-17(2)25-33-26(24-16-30-35(27(24)34-25)23-6-4-5-20(29)15-23)31-21-11-13-22(14-12-21)32-28(36)19-9-7-18(3)8-10-19/h4-10,15-17,21-22H,11-14H2,1-3H3,(H,32,36)(H,31,33,34). The number of carbonyl (C=O) groups excluding carboxylic acids is 1. The molecule has 1 saturated carbocycles. The van der Waals surface area contributed by atoms with Crippen molar-refractivity contribution in [2.75, 3.05) is 5.32 Å². The monoisotopic (exact) mass is 502 g/mol. The predicted octanol–water partition coefficient (Wildman–Crippen LogP) is 6.05. The number of hydrogen-bond acceptors (Lipinski definition) is 5. The molecule has 186 valence electrons. The quantitative estimate of drug-likeness (QED) is 0.335. The van der Waals surface area contributed by atoms with Crippen LogP contribution in [0.25, 0.3) is 16.7 Å². The summed E-state index contributed by atoms with van der Waals surface area (Å²) < 4.78 is 1.82. The Morgan fingerprint density at radius 3 is 2.44 bits per heavy atom. The van der Waals surface area contributed by atoms with Crippen molar-refractivity contribution < 1.29 is 4.79 Å². The molecule has 1 amide bonds. The molecule has 2 aromatic carbocycles. The number of amides is 1. The van der Waals surface area contributed by atoms with Crippen molar-refractivity contribution in [1.29, 1.82) is 0 Å². The van der Waals surface area contributed by atoms with E-state index in [-0.39, 0.29) is 23.9 Å². The van der Waals surface area contributed by atoms with Crippen molar-refractivity contribution in [3.8, 4) is 5.69 Å². The highest BCUT2D eigenvalue weighted by molar-refractivity contribution is 6.30. The molecular formula is C28H31ClN6O. The molecule has 5 rings (SSSR count). The normalized spacial score (nSPS) is 17.9. The first kappa shape index (κ1) is 24.3. The van der Waals surface area contributed by atoms with Crippen molar-refractivity contribution in [2.45, 2.75) is 64.5 Å². The fraction of sp³-hybridized carbons (Fsp3) is 0.357. The highest BCUT2D eigenvalue weighted by atomic mass is 35.5. The van der Waals surface area contributed by atoms with E-state index in [9.17, 15) is 4.79 Å². The lowest BCUT2D eigenvalue weighted by Crippen LogP contribution is -2.40. The molecule has 1 fully saturated rings. The van der Waals surface area contributed by atoms with Crippen molar-refractivity contribution >= 4 is 34.4 Å². The van der Waals surface area contributed by atoms with Gasteiger partial charge in [0.1, 0.15) is 11.6 Å². The molecule has 2 aromatic heterocycles. The largest absolute Gasteiger partial charge is 0.367 e. The van der Waals surface area contributed by atoms with Gasteiger partial charge in [0.25, 0.3) is 5.91 Å². The minimum Gasteiger partial charge on any atom is -0.367 e. The van der Waals surface area contributed by atoms with Gasteiger partial charge < -0.3 is 10.6 Å². The third-order valence-electron chi connectivity index (χ3n) is 6.73. The van der Waals surface area contributed by atoms with Crippen LogP contribution in [-0.2, 0) is 0 Å². The third kappa shape index (κ3) is 5.21. The fourth-order valence-electron chi connectivity index (χ4n) is 4.64. The van der Waals surface area contributed by atoms with E-state index >= 15 is 0 Å². The van der Waals surface area contributed by atoms with E-state index in [0.717, 1.165) is 59.6 Å². The minimum absolute atomic E-state index is 0.000997. The summed E-state index contributed by atoms with van der Waals surface area (Å²) in [6, 6.07) is 15.8. The lowest BCUT2D eigenvalue weighted by molar-refractivity contribution is 0.0926. The summed E-state index contributed by atoms with van der Waals surface area (Å²) in [5.41, 5.74) is 3.48. The van der Waals surface area contributed by atoms with Crippen LogP contribution in [0.5, 0.6) is 0 Å². The van der Waals surface area contributed by atoms with Crippen LogP contribution >= 0.6 is 11.6 Å². The van der Waals surface area contributed by atoms with E-state index in [1.165, 1.54) is 0 Å². The molecule has 0 radical (unpaired) electrons. The second-order valence-corrected chi connectivity index (χ2v) is 10.3. The zero-order valence-corrected chi connectivity index (χ0v) is 21.6. The van der Waals surface area contributed by atoms with Crippen LogP contribution in [0.3, 0.4) is 0 Å². The van der Waals surface area contributed by atoms with Crippen LogP contribution in [0.4, 0.5) is 5.82 Å². The highest BCUT2D eigenvalue weighted by Crippen LogP contribution is 2.29. The molecular weight excluding hydrogens is 472 g/mol. The number of fused-ring (bicyclic) bond motifs is 1. The summed E-state index contributed by atoms with van der Waals surface area (Å²) in [5.74, 6) is 1.75. The third-order valence-corrected chi connectivity index (χ3v) is 6.97. The molecule has 0 unspecified atom stereocenters. The van der Waals surface area contributed by atoms with Gasteiger partial charge in [-0.2, -0.15) is 5.10 Å². The summed E-state index contributed by atoms with van der Waals surface area (Å²) in [6.45, 7) is 6.20. The van der Waals surface area contributed by atoms with Gasteiger partial charge >= 0.3 is 0 Å². The second-order valence-electron chi connectivity index (χ2n) is 9.89. The molecule has 0 aliphatic heterocycles. The van der Waals surface area contributed by atoms with Gasteiger partial charge in [-0.05, 0) is 62.9 Å². The zero-order chi connectivity index (χ0) is 25.2. The molecule has 0 bridgehead atoms. The Bertz CT molecular complexity index is 1370. The van der Waals surface area contributed by atoms with E-state index in [4.69, 9.17) is 21.6 Å². The lowest BCUT2D eigenvalue weighted by Gasteiger charge is -2.30. The van der Waals surface area contributed by atoms with Crippen LogP contribution in [0.15, 0.2) is 54.7 Å². The van der Waals surface area contributed by atoms with Gasteiger partial charge in [0.15, 0.2) is 5.65 Å². The first-order chi connectivity index (χ1) is 17.4. The first-order valence-electron chi connectivity index (χ1n) is 12.5. The predicted molar refractivity (Wildman–Crippen MR) is 144 cm³/mol. The summed E-state index contributed by atoms with van der Waals surface area (Å²) in [7, 11) is 0. The Labute approximate surface area is 216 Å². The molecule has 0 spiro atoms. The average Bonchev–Trinajstić information content (AvgIpc) is 3.30. The number of anilines is 1. The van der Waals surface area contributed by atoms with Crippen LogP contribution in [0.1, 0.15) is 67.2 Å². The Kier molecular flexibility index (Phi) is 6.92. The zero-order valence-electron chi connectivity index (χ0n) is 20.8. The maximum atomic E-state index is 12.6. The Balaban J connectivity index is 1.31. The number of aromatic nitrogens is 4. The molecule has 2 heterocycles. The fourth-order valence-corrected chi connectivity index (χ4v) is 4.82. The molecule has 8 heteroatoms. The second kappa shape index (κ2) is 10.3. The summed E-state index contributed by atoms with van der Waals surface area (Å²) in [6.07, 6.45) is 5.55. The van der Waals surface area contributed by atoms with E-state index in [2.05, 4.69) is 29.6 Å². The topological polar surface area (TPSA) is 84.7 Å². The number of rotatable bonds is 6. The van der Waals surface area contributed by atoms with E-state index in [1.807, 2.05) is 66.3 Å². The summed E-state index contributed by atoms with van der Waals surface area (Å²) >= 11 is 6.23. The van der Waals surface area contributed by atoms with Crippen LogP contribution < -0.4 is 10.6 Å². The van der Waals surface area contributed by atoms with Crippen molar-refractivity contribution in [1.82, 2.24) is 25.1 Å². The van der Waals surface area contributed by atoms with Gasteiger partial charge in [0.05, 0.1) is 17.3 Å². The Morgan fingerprint density at radius 2 is 1.75 bits per heavy atom. The van der Waals surface area contributed by atoms with Gasteiger partial charge in [-0.3, -0.25) is 4.79 Å². The van der Waals surface area contributed by atoms with Crippen LogP contribution in [-0.4, -0.2) is 37.7 Å². The number of hydrogen-bond donors (Lipinski definition) is 2. The lowest BCUT2D eigenvalue weighted by atomic mass is 9.91. The maximum Gasteiger partial charge on any atom is 0.251 e. The summed E-state index contributed by atoms with van der Waals surface area (Å²) in [4.78, 5) is 22.3. The Hall–Kier alpha value is -3.45. The van der Waals surface area contributed by atoms with E-state index in [0.29, 0.717) is 10.6 Å². The molecule has 7 nitrogen and oxygen atoms in total. The van der Waals surface area contributed by atoms with E-state index < -0.39 is 0 Å². The maximum absolute atomic E-state index is 12.6. The highest BCUT2D eigenvalue weighted by Gasteiger charge is 2.25. The number of aryl methyl sites for hydroxylation is 1. The van der Waals surface area contributed by atoms with Crippen molar-refractivity contribution in [2.24, 2.45) is 0 Å². The molecule has 0 saturated heterocycles. The minimum atomic E-state index is -0.000997. The smallest absolute Gasteiger partial charge is 0.251 e. The number of benzene rings is 2. The number of nitrogens with one attached hydrogen (secondary N) is 2. The molecule has 1 aliphatic carbocycles. The molecule has 36 heavy (non-hydrogen) atoms. The van der Waals surface area contributed by atoms with Gasteiger partial charge in [-0.1, -0.05) is 49.2 Å². The van der Waals surface area contributed by atoms with E-state index in [1.54, 1.807) is 0 Å². The molecule has 4 aromatic rings. The molecule has 2 N–H and O–H groups in total. The van der Waals surface area contributed by atoms with Gasteiger partial charge in [0.2, 0.25) is 0 Å². The van der Waals surface area contributed by atoms with Crippen molar-refractivity contribution in [3.63, 3.8) is 0 Å². The van der Waals surface area contributed by atoms with Gasteiger partial charge in [-0.25, -0.2) is 14.6 Å². The number of halogens is 1.